The molecule has 0 radical (unpaired) electrons. The largest absolute Gasteiger partial charge is 0.368 e. The third-order valence-electron chi connectivity index (χ3n) is 2.89. The highest BCUT2D eigenvalue weighted by Crippen LogP contribution is 2.35. The Morgan fingerprint density at radius 3 is 3.00 bits per heavy atom. The van der Waals surface area contributed by atoms with Crippen molar-refractivity contribution in [3.8, 4) is 0 Å². The zero-order chi connectivity index (χ0) is 12.4. The van der Waals surface area contributed by atoms with E-state index in [1.807, 2.05) is 0 Å². The van der Waals surface area contributed by atoms with E-state index in [4.69, 9.17) is 11.6 Å². The molecule has 1 aromatic rings. The molecule has 1 unspecified atom stereocenters. The summed E-state index contributed by atoms with van der Waals surface area (Å²) >= 11 is 9.53. The number of anilines is 1. The molecule has 1 heterocycles. The normalized spacial score (nSPS) is 21.4. The summed E-state index contributed by atoms with van der Waals surface area (Å²) in [5.41, 5.74) is 0.892. The SMILES string of the molecule is CC1CN(c2c(Cl)cc(F)cc2Br)CCCN1. The van der Waals surface area contributed by atoms with Crippen molar-refractivity contribution in [2.75, 3.05) is 24.5 Å². The van der Waals surface area contributed by atoms with Crippen LogP contribution in [-0.2, 0) is 0 Å². The van der Waals surface area contributed by atoms with E-state index in [9.17, 15) is 4.39 Å². The Hall–Kier alpha value is -0.320. The lowest BCUT2D eigenvalue weighted by molar-refractivity contribution is 0.584. The van der Waals surface area contributed by atoms with Crippen LogP contribution in [0.15, 0.2) is 16.6 Å². The molecular formula is C12H15BrClFN2. The molecular weight excluding hydrogens is 307 g/mol. The van der Waals surface area contributed by atoms with Crippen LogP contribution in [0.3, 0.4) is 0 Å². The lowest BCUT2D eigenvalue weighted by atomic mass is 10.2. The van der Waals surface area contributed by atoms with E-state index in [0.717, 1.165) is 36.2 Å². The van der Waals surface area contributed by atoms with Crippen LogP contribution in [0.2, 0.25) is 5.02 Å². The Kier molecular flexibility index (Phi) is 4.28. The Morgan fingerprint density at radius 2 is 2.29 bits per heavy atom. The number of benzene rings is 1. The van der Waals surface area contributed by atoms with Crippen LogP contribution in [-0.4, -0.2) is 25.7 Å². The second kappa shape index (κ2) is 5.55. The monoisotopic (exact) mass is 320 g/mol. The first-order valence-corrected chi connectivity index (χ1v) is 6.88. The maximum Gasteiger partial charge on any atom is 0.125 e. The predicted octanol–water partition coefficient (Wildman–Crippen LogP) is 3.43. The Labute approximate surface area is 114 Å². The first kappa shape index (κ1) is 13.1. The summed E-state index contributed by atoms with van der Waals surface area (Å²) in [6.07, 6.45) is 1.06. The highest BCUT2D eigenvalue weighted by atomic mass is 79.9. The summed E-state index contributed by atoms with van der Waals surface area (Å²) in [5, 5.41) is 3.88. The van der Waals surface area contributed by atoms with Crippen molar-refractivity contribution in [2.45, 2.75) is 19.4 Å². The average molecular weight is 322 g/mol. The third-order valence-corrected chi connectivity index (χ3v) is 3.78. The van der Waals surface area contributed by atoms with Crippen molar-refractivity contribution in [3.05, 3.63) is 27.4 Å². The minimum absolute atomic E-state index is 0.313. The maximum absolute atomic E-state index is 13.2. The molecule has 0 amide bonds. The number of rotatable bonds is 1. The van der Waals surface area contributed by atoms with Crippen LogP contribution >= 0.6 is 27.5 Å². The number of hydrogen-bond acceptors (Lipinski definition) is 2. The summed E-state index contributed by atoms with van der Waals surface area (Å²) < 4.78 is 13.9. The molecule has 0 saturated carbocycles. The molecule has 94 valence electrons. The highest BCUT2D eigenvalue weighted by molar-refractivity contribution is 9.10. The van der Waals surface area contributed by atoms with Gasteiger partial charge in [-0.05, 0) is 48.0 Å². The maximum atomic E-state index is 13.2. The molecule has 1 aliphatic heterocycles. The summed E-state index contributed by atoms with van der Waals surface area (Å²) in [4.78, 5) is 2.20. The van der Waals surface area contributed by atoms with E-state index in [-0.39, 0.29) is 5.82 Å². The van der Waals surface area contributed by atoms with E-state index in [1.54, 1.807) is 0 Å². The van der Waals surface area contributed by atoms with Gasteiger partial charge < -0.3 is 10.2 Å². The fourth-order valence-corrected chi connectivity index (χ4v) is 3.27. The molecule has 1 aromatic carbocycles. The first-order valence-electron chi connectivity index (χ1n) is 5.71. The molecule has 1 N–H and O–H groups in total. The van der Waals surface area contributed by atoms with Gasteiger partial charge in [-0.15, -0.1) is 0 Å². The van der Waals surface area contributed by atoms with Crippen molar-refractivity contribution < 1.29 is 4.39 Å². The molecule has 1 saturated heterocycles. The summed E-state index contributed by atoms with van der Waals surface area (Å²) in [7, 11) is 0. The second-order valence-corrected chi connectivity index (χ2v) is 5.63. The lowest BCUT2D eigenvalue weighted by Crippen LogP contribution is -2.35. The van der Waals surface area contributed by atoms with Crippen molar-refractivity contribution in [3.63, 3.8) is 0 Å². The Morgan fingerprint density at radius 1 is 1.53 bits per heavy atom. The smallest absolute Gasteiger partial charge is 0.125 e. The van der Waals surface area contributed by atoms with Gasteiger partial charge in [0.05, 0.1) is 10.7 Å². The van der Waals surface area contributed by atoms with Gasteiger partial charge in [-0.25, -0.2) is 4.39 Å². The van der Waals surface area contributed by atoms with E-state index in [2.05, 4.69) is 33.1 Å². The second-order valence-electron chi connectivity index (χ2n) is 4.37. The van der Waals surface area contributed by atoms with Gasteiger partial charge in [-0.3, -0.25) is 0 Å². The van der Waals surface area contributed by atoms with E-state index < -0.39 is 0 Å². The van der Waals surface area contributed by atoms with E-state index in [0.29, 0.717) is 11.1 Å². The van der Waals surface area contributed by atoms with Crippen molar-refractivity contribution in [1.29, 1.82) is 0 Å². The van der Waals surface area contributed by atoms with Gasteiger partial charge in [-0.2, -0.15) is 0 Å². The zero-order valence-corrected chi connectivity index (χ0v) is 12.0. The molecule has 1 fully saturated rings. The van der Waals surface area contributed by atoms with Gasteiger partial charge in [0.2, 0.25) is 0 Å². The molecule has 1 aliphatic rings. The molecule has 0 spiro atoms. The van der Waals surface area contributed by atoms with Crippen molar-refractivity contribution in [2.24, 2.45) is 0 Å². The fraction of sp³-hybridized carbons (Fsp3) is 0.500. The Bertz CT molecular complexity index is 390. The molecule has 2 rings (SSSR count). The quantitative estimate of drug-likeness (QED) is 0.852. The van der Waals surface area contributed by atoms with E-state index in [1.165, 1.54) is 12.1 Å². The van der Waals surface area contributed by atoms with Crippen LogP contribution < -0.4 is 10.2 Å². The molecule has 5 heteroatoms. The summed E-state index contributed by atoms with van der Waals surface area (Å²) in [5.74, 6) is -0.313. The minimum Gasteiger partial charge on any atom is -0.368 e. The van der Waals surface area contributed by atoms with Gasteiger partial charge in [-0.1, -0.05) is 11.6 Å². The molecule has 0 bridgehead atoms. The zero-order valence-electron chi connectivity index (χ0n) is 9.64. The van der Waals surface area contributed by atoms with Crippen molar-refractivity contribution >= 4 is 33.2 Å². The number of halogens is 3. The van der Waals surface area contributed by atoms with Crippen LogP contribution in [0.5, 0.6) is 0 Å². The number of hydrogen-bond donors (Lipinski definition) is 1. The van der Waals surface area contributed by atoms with Crippen molar-refractivity contribution in [1.82, 2.24) is 5.32 Å². The molecule has 1 atom stereocenters. The van der Waals surface area contributed by atoms with Gasteiger partial charge in [0, 0.05) is 23.6 Å². The fourth-order valence-electron chi connectivity index (χ4n) is 2.14. The first-order chi connectivity index (χ1) is 8.08. The van der Waals surface area contributed by atoms with Crippen LogP contribution in [0.4, 0.5) is 10.1 Å². The molecule has 17 heavy (non-hydrogen) atoms. The predicted molar refractivity (Wildman–Crippen MR) is 73.4 cm³/mol. The molecule has 0 aliphatic carbocycles. The number of nitrogens with zero attached hydrogens (tertiary/aromatic N) is 1. The lowest BCUT2D eigenvalue weighted by Gasteiger charge is -2.27. The summed E-state index contributed by atoms with van der Waals surface area (Å²) in [6.45, 7) is 4.96. The van der Waals surface area contributed by atoms with Crippen LogP contribution in [0, 0.1) is 5.82 Å². The average Bonchev–Trinajstić information content (AvgIpc) is 2.41. The van der Waals surface area contributed by atoms with E-state index >= 15 is 0 Å². The van der Waals surface area contributed by atoms with Gasteiger partial charge in [0.15, 0.2) is 0 Å². The molecule has 0 aromatic heterocycles. The highest BCUT2D eigenvalue weighted by Gasteiger charge is 2.19. The minimum atomic E-state index is -0.313. The van der Waals surface area contributed by atoms with Gasteiger partial charge in [0.1, 0.15) is 5.82 Å². The topological polar surface area (TPSA) is 15.3 Å². The Balaban J connectivity index is 2.32. The van der Waals surface area contributed by atoms with Crippen LogP contribution in [0.25, 0.3) is 0 Å². The standard InChI is InChI=1S/C12H15BrClFN2/c1-8-7-17(4-2-3-16-8)12-10(13)5-9(15)6-11(12)14/h5-6,8,16H,2-4,7H2,1H3. The number of nitrogens with one attached hydrogen (secondary N) is 1. The molecule has 2 nitrogen and oxygen atoms in total. The van der Waals surface area contributed by atoms with Gasteiger partial charge in [0.25, 0.3) is 0 Å². The van der Waals surface area contributed by atoms with Gasteiger partial charge >= 0.3 is 0 Å². The summed E-state index contributed by atoms with van der Waals surface area (Å²) in [6, 6.07) is 3.24. The van der Waals surface area contributed by atoms with Crippen LogP contribution in [0.1, 0.15) is 13.3 Å². The third kappa shape index (κ3) is 3.12.